The second kappa shape index (κ2) is 4.23. The molecule has 0 saturated carbocycles. The van der Waals surface area contributed by atoms with Gasteiger partial charge in [-0.25, -0.2) is 4.90 Å². The number of azo groups is 1. The smallest absolute Gasteiger partial charge is 0.264 e. The molecule has 104 valence electrons. The van der Waals surface area contributed by atoms with Crippen LogP contribution in [0.25, 0.3) is 0 Å². The Morgan fingerprint density at radius 1 is 1.15 bits per heavy atom. The highest BCUT2D eigenvalue weighted by Gasteiger charge is 2.54. The Bertz CT molecular complexity index is 628. The van der Waals surface area contributed by atoms with E-state index in [0.717, 1.165) is 16.7 Å². The number of carbonyl (C=O) groups is 2. The topological polar surface area (TPSA) is 62.1 Å². The lowest BCUT2D eigenvalue weighted by molar-refractivity contribution is -0.122. The van der Waals surface area contributed by atoms with Gasteiger partial charge in [0, 0.05) is 6.42 Å². The molecule has 1 unspecified atom stereocenters. The van der Waals surface area contributed by atoms with E-state index in [0.29, 0.717) is 18.7 Å². The highest BCUT2D eigenvalue weighted by atomic mass is 16.2. The van der Waals surface area contributed by atoms with Crippen molar-refractivity contribution in [3.63, 3.8) is 0 Å². The number of hydrogen-bond acceptors (Lipinski definition) is 4. The summed E-state index contributed by atoms with van der Waals surface area (Å²) in [5.41, 5.74) is 2.79. The largest absolute Gasteiger partial charge is 0.274 e. The van der Waals surface area contributed by atoms with Crippen LogP contribution in [0.15, 0.2) is 22.4 Å². The zero-order chi connectivity index (χ0) is 14.5. The van der Waals surface area contributed by atoms with Gasteiger partial charge in [0.2, 0.25) is 5.91 Å². The molecule has 1 aromatic rings. The first-order valence-electron chi connectivity index (χ1n) is 6.78. The van der Waals surface area contributed by atoms with E-state index >= 15 is 0 Å². The van der Waals surface area contributed by atoms with Gasteiger partial charge in [0.05, 0.1) is 18.7 Å². The highest BCUT2D eigenvalue weighted by molar-refractivity contribution is 6.25. The fourth-order valence-electron chi connectivity index (χ4n) is 3.22. The van der Waals surface area contributed by atoms with Crippen molar-refractivity contribution in [1.29, 1.82) is 0 Å². The molecular weight excluding hydrogens is 254 g/mol. The number of carbonyl (C=O) groups excluding carboxylic acids is 2. The van der Waals surface area contributed by atoms with E-state index in [4.69, 9.17) is 0 Å². The lowest BCUT2D eigenvalue weighted by atomic mass is 9.95. The molecule has 5 nitrogen and oxygen atoms in total. The highest BCUT2D eigenvalue weighted by Crippen LogP contribution is 2.39. The molecule has 1 atom stereocenters. The standard InChI is InChI=1S/C15H17N3O2/c1-9-6-10(2)13(11(3)7-9)18-12(19)8-15(14(18)20)4-5-16-17-15/h6-7H,4-5,8H2,1-3H3. The summed E-state index contributed by atoms with van der Waals surface area (Å²) in [6.07, 6.45) is 0.681. The van der Waals surface area contributed by atoms with Gasteiger partial charge in [-0.15, -0.1) is 0 Å². The van der Waals surface area contributed by atoms with Gasteiger partial charge in [0.15, 0.2) is 5.54 Å². The Hall–Kier alpha value is -2.04. The minimum Gasteiger partial charge on any atom is -0.274 e. The zero-order valence-corrected chi connectivity index (χ0v) is 11.9. The predicted molar refractivity (Wildman–Crippen MR) is 74.8 cm³/mol. The first-order chi connectivity index (χ1) is 9.44. The van der Waals surface area contributed by atoms with Crippen molar-refractivity contribution in [3.8, 4) is 0 Å². The van der Waals surface area contributed by atoms with Crippen molar-refractivity contribution in [2.45, 2.75) is 39.2 Å². The van der Waals surface area contributed by atoms with Gasteiger partial charge in [-0.1, -0.05) is 17.7 Å². The predicted octanol–water partition coefficient (Wildman–Crippen LogP) is 2.47. The fourth-order valence-corrected chi connectivity index (χ4v) is 3.22. The Morgan fingerprint density at radius 2 is 1.80 bits per heavy atom. The van der Waals surface area contributed by atoms with E-state index in [1.54, 1.807) is 0 Å². The van der Waals surface area contributed by atoms with Crippen molar-refractivity contribution in [2.24, 2.45) is 10.2 Å². The maximum absolute atomic E-state index is 12.7. The second-order valence-corrected chi connectivity index (χ2v) is 5.71. The molecule has 2 amide bonds. The third-order valence-electron chi connectivity index (χ3n) is 4.04. The molecule has 1 fully saturated rings. The van der Waals surface area contributed by atoms with Crippen LogP contribution in [-0.2, 0) is 9.59 Å². The van der Waals surface area contributed by atoms with Gasteiger partial charge in [-0.2, -0.15) is 10.2 Å². The molecular formula is C15H17N3O2. The Labute approximate surface area is 117 Å². The van der Waals surface area contributed by atoms with Gasteiger partial charge in [0.25, 0.3) is 5.91 Å². The zero-order valence-electron chi connectivity index (χ0n) is 11.9. The van der Waals surface area contributed by atoms with E-state index in [2.05, 4.69) is 10.2 Å². The van der Waals surface area contributed by atoms with Crippen LogP contribution in [0.3, 0.4) is 0 Å². The van der Waals surface area contributed by atoms with E-state index < -0.39 is 5.54 Å². The number of imide groups is 1. The number of aryl methyl sites for hydroxylation is 3. The lowest BCUT2D eigenvalue weighted by Crippen LogP contribution is -2.38. The molecule has 5 heteroatoms. The normalized spacial score (nSPS) is 25.2. The minimum absolute atomic E-state index is 0.141. The molecule has 0 aliphatic carbocycles. The van der Waals surface area contributed by atoms with E-state index in [-0.39, 0.29) is 18.2 Å². The second-order valence-electron chi connectivity index (χ2n) is 5.71. The van der Waals surface area contributed by atoms with E-state index in [9.17, 15) is 9.59 Å². The summed E-state index contributed by atoms with van der Waals surface area (Å²) in [5, 5.41) is 7.98. The average molecular weight is 271 g/mol. The monoisotopic (exact) mass is 271 g/mol. The third-order valence-corrected chi connectivity index (χ3v) is 4.04. The Morgan fingerprint density at radius 3 is 2.35 bits per heavy atom. The van der Waals surface area contributed by atoms with Crippen molar-refractivity contribution in [1.82, 2.24) is 0 Å². The van der Waals surface area contributed by atoms with Gasteiger partial charge >= 0.3 is 0 Å². The molecule has 2 aliphatic rings. The van der Waals surface area contributed by atoms with Crippen LogP contribution < -0.4 is 4.90 Å². The van der Waals surface area contributed by atoms with E-state index in [1.165, 1.54) is 4.90 Å². The lowest BCUT2D eigenvalue weighted by Gasteiger charge is -2.22. The van der Waals surface area contributed by atoms with Crippen LogP contribution in [0, 0.1) is 20.8 Å². The quantitative estimate of drug-likeness (QED) is 0.737. The summed E-state index contributed by atoms with van der Waals surface area (Å²) < 4.78 is 0. The SMILES string of the molecule is Cc1cc(C)c(N2C(=O)CC3(CCN=N3)C2=O)c(C)c1. The number of nitrogens with zero attached hydrogens (tertiary/aromatic N) is 3. The summed E-state index contributed by atoms with van der Waals surface area (Å²) in [6, 6.07) is 3.98. The van der Waals surface area contributed by atoms with Gasteiger partial charge < -0.3 is 0 Å². The average Bonchev–Trinajstić information content (AvgIpc) is 2.89. The van der Waals surface area contributed by atoms with Crippen molar-refractivity contribution < 1.29 is 9.59 Å². The fraction of sp³-hybridized carbons (Fsp3) is 0.467. The summed E-state index contributed by atoms with van der Waals surface area (Å²) in [4.78, 5) is 26.3. The number of benzene rings is 1. The van der Waals surface area contributed by atoms with Crippen LogP contribution in [0.1, 0.15) is 29.5 Å². The summed E-state index contributed by atoms with van der Waals surface area (Å²) in [6.45, 7) is 6.39. The molecule has 2 aliphatic heterocycles. The Kier molecular flexibility index (Phi) is 2.74. The first kappa shape index (κ1) is 13.0. The van der Waals surface area contributed by atoms with Crippen LogP contribution >= 0.6 is 0 Å². The number of anilines is 1. The van der Waals surface area contributed by atoms with Crippen LogP contribution in [0.2, 0.25) is 0 Å². The molecule has 0 radical (unpaired) electrons. The maximum atomic E-state index is 12.7. The molecule has 1 saturated heterocycles. The Balaban J connectivity index is 2.10. The van der Waals surface area contributed by atoms with Crippen molar-refractivity contribution in [2.75, 3.05) is 11.4 Å². The van der Waals surface area contributed by atoms with Crippen LogP contribution in [-0.4, -0.2) is 23.9 Å². The van der Waals surface area contributed by atoms with Gasteiger partial charge in [-0.3, -0.25) is 9.59 Å². The van der Waals surface area contributed by atoms with Crippen molar-refractivity contribution >= 4 is 17.5 Å². The first-order valence-corrected chi connectivity index (χ1v) is 6.78. The molecule has 0 aromatic heterocycles. The minimum atomic E-state index is -0.930. The molecule has 0 N–H and O–H groups in total. The number of rotatable bonds is 1. The van der Waals surface area contributed by atoms with Crippen LogP contribution in [0.4, 0.5) is 5.69 Å². The third kappa shape index (κ3) is 1.69. The molecule has 1 spiro atoms. The number of hydrogen-bond donors (Lipinski definition) is 0. The molecule has 3 rings (SSSR count). The van der Waals surface area contributed by atoms with E-state index in [1.807, 2.05) is 32.9 Å². The summed E-state index contributed by atoms with van der Waals surface area (Å²) in [5.74, 6) is -0.398. The van der Waals surface area contributed by atoms with Gasteiger partial charge in [-0.05, 0) is 31.9 Å². The van der Waals surface area contributed by atoms with Crippen molar-refractivity contribution in [3.05, 3.63) is 28.8 Å². The molecule has 1 aromatic carbocycles. The van der Waals surface area contributed by atoms with Gasteiger partial charge in [0.1, 0.15) is 0 Å². The maximum Gasteiger partial charge on any atom is 0.264 e. The summed E-state index contributed by atoms with van der Waals surface area (Å²) in [7, 11) is 0. The molecule has 0 bridgehead atoms. The summed E-state index contributed by atoms with van der Waals surface area (Å²) >= 11 is 0. The number of amides is 2. The molecule has 2 heterocycles. The van der Waals surface area contributed by atoms with Crippen LogP contribution in [0.5, 0.6) is 0 Å². The molecule has 20 heavy (non-hydrogen) atoms.